The van der Waals surface area contributed by atoms with Crippen molar-refractivity contribution in [1.82, 2.24) is 0 Å². The van der Waals surface area contributed by atoms with Gasteiger partial charge in [0.25, 0.3) is 0 Å². The summed E-state index contributed by atoms with van der Waals surface area (Å²) in [7, 11) is 0. The maximum absolute atomic E-state index is 2.08. The SMILES string of the molecule is C/C=C/C(C)=C/C. The quantitative estimate of drug-likeness (QED) is 0.440. The van der Waals surface area contributed by atoms with Crippen molar-refractivity contribution < 1.29 is 0 Å². The van der Waals surface area contributed by atoms with Crippen LogP contribution in [0.2, 0.25) is 0 Å². The molecule has 0 heterocycles. The van der Waals surface area contributed by atoms with Crippen LogP contribution in [0, 0.1) is 0 Å². The van der Waals surface area contributed by atoms with Crippen LogP contribution in [0.1, 0.15) is 20.8 Å². The minimum absolute atomic E-state index is 1.32. The van der Waals surface area contributed by atoms with Crippen LogP contribution in [0.5, 0.6) is 0 Å². The first kappa shape index (κ1) is 6.48. The van der Waals surface area contributed by atoms with Crippen LogP contribution in [0.4, 0.5) is 0 Å². The van der Waals surface area contributed by atoms with E-state index >= 15 is 0 Å². The smallest absolute Gasteiger partial charge is 0.0401 e. The number of hydrogen-bond donors (Lipinski definition) is 0. The Morgan fingerprint density at radius 2 is 1.86 bits per heavy atom. The highest BCUT2D eigenvalue weighted by Gasteiger charge is 1.69. The fourth-order valence-corrected chi connectivity index (χ4v) is 0.359. The standard InChI is InChI=1S/C7H12/c1-4-6-7(3)5-2/h4-6H,1-3H3/b6-4+,7-5+. The number of hydrogen-bond acceptors (Lipinski definition) is 0. The first-order chi connectivity index (χ1) is 3.31. The Hall–Kier alpha value is -0.520. The van der Waals surface area contributed by atoms with Gasteiger partial charge < -0.3 is 0 Å². The zero-order chi connectivity index (χ0) is 5.70. The molecule has 0 unspecified atom stereocenters. The zero-order valence-corrected chi connectivity index (χ0v) is 5.23. The summed E-state index contributed by atoms with van der Waals surface area (Å²) < 4.78 is 0. The molecule has 7 heavy (non-hydrogen) atoms. The lowest BCUT2D eigenvalue weighted by molar-refractivity contribution is 1.46. The molecule has 0 saturated heterocycles. The van der Waals surface area contributed by atoms with E-state index in [2.05, 4.69) is 19.1 Å². The molecule has 0 aliphatic heterocycles. The van der Waals surface area contributed by atoms with Crippen molar-refractivity contribution in [2.24, 2.45) is 0 Å². The van der Waals surface area contributed by atoms with Gasteiger partial charge in [0.2, 0.25) is 0 Å². The Morgan fingerprint density at radius 1 is 1.29 bits per heavy atom. The normalized spacial score (nSPS) is 13.3. The van der Waals surface area contributed by atoms with E-state index in [-0.39, 0.29) is 0 Å². The Morgan fingerprint density at radius 3 is 2.00 bits per heavy atom. The summed E-state index contributed by atoms with van der Waals surface area (Å²) in [5, 5.41) is 0. The van der Waals surface area contributed by atoms with Crippen molar-refractivity contribution in [3.63, 3.8) is 0 Å². The molecule has 0 aromatic carbocycles. The van der Waals surface area contributed by atoms with Gasteiger partial charge in [0.05, 0.1) is 0 Å². The molecule has 0 nitrogen and oxygen atoms in total. The molecular formula is C7H12. The third-order valence-electron chi connectivity index (χ3n) is 0.885. The number of rotatable bonds is 1. The van der Waals surface area contributed by atoms with Gasteiger partial charge in [-0.25, -0.2) is 0 Å². The van der Waals surface area contributed by atoms with Crippen molar-refractivity contribution in [3.05, 3.63) is 23.8 Å². The van der Waals surface area contributed by atoms with Crippen molar-refractivity contribution >= 4 is 0 Å². The van der Waals surface area contributed by atoms with Crippen LogP contribution in [-0.4, -0.2) is 0 Å². The summed E-state index contributed by atoms with van der Waals surface area (Å²) in [5.74, 6) is 0. The summed E-state index contributed by atoms with van der Waals surface area (Å²) in [6, 6.07) is 0. The van der Waals surface area contributed by atoms with E-state index < -0.39 is 0 Å². The van der Waals surface area contributed by atoms with E-state index in [1.54, 1.807) is 0 Å². The second-order valence-electron chi connectivity index (χ2n) is 1.53. The lowest BCUT2D eigenvalue weighted by Gasteiger charge is -1.81. The van der Waals surface area contributed by atoms with E-state index in [0.29, 0.717) is 0 Å². The van der Waals surface area contributed by atoms with Crippen molar-refractivity contribution in [3.8, 4) is 0 Å². The van der Waals surface area contributed by atoms with Crippen molar-refractivity contribution in [2.75, 3.05) is 0 Å². The molecular weight excluding hydrogens is 84.1 g/mol. The average molecular weight is 96.2 g/mol. The van der Waals surface area contributed by atoms with Gasteiger partial charge in [0.15, 0.2) is 0 Å². The predicted octanol–water partition coefficient (Wildman–Crippen LogP) is 2.53. The maximum atomic E-state index is 2.08. The van der Waals surface area contributed by atoms with Crippen LogP contribution in [0.25, 0.3) is 0 Å². The Balaban J connectivity index is 3.58. The van der Waals surface area contributed by atoms with Gasteiger partial charge in [-0.15, -0.1) is 0 Å². The van der Waals surface area contributed by atoms with E-state index in [4.69, 9.17) is 0 Å². The Kier molecular flexibility index (Phi) is 3.39. The molecule has 0 aromatic heterocycles. The van der Waals surface area contributed by atoms with E-state index in [9.17, 15) is 0 Å². The van der Waals surface area contributed by atoms with Gasteiger partial charge in [0.1, 0.15) is 0 Å². The minimum Gasteiger partial charge on any atom is -0.0874 e. The summed E-state index contributed by atoms with van der Waals surface area (Å²) in [4.78, 5) is 0. The van der Waals surface area contributed by atoms with Gasteiger partial charge in [-0.2, -0.15) is 0 Å². The molecule has 0 amide bonds. The van der Waals surface area contributed by atoms with Crippen LogP contribution < -0.4 is 0 Å². The van der Waals surface area contributed by atoms with Gasteiger partial charge in [0, 0.05) is 0 Å². The molecule has 0 rings (SSSR count). The van der Waals surface area contributed by atoms with Crippen LogP contribution in [0.3, 0.4) is 0 Å². The lowest BCUT2D eigenvalue weighted by Crippen LogP contribution is -1.60. The van der Waals surface area contributed by atoms with Gasteiger partial charge in [-0.3, -0.25) is 0 Å². The highest BCUT2D eigenvalue weighted by atomic mass is 13.8. The van der Waals surface area contributed by atoms with Crippen LogP contribution in [-0.2, 0) is 0 Å². The number of allylic oxidation sites excluding steroid dienone is 4. The van der Waals surface area contributed by atoms with E-state index in [1.165, 1.54) is 5.57 Å². The fraction of sp³-hybridized carbons (Fsp3) is 0.429. The molecule has 0 N–H and O–H groups in total. The van der Waals surface area contributed by atoms with E-state index in [1.807, 2.05) is 19.9 Å². The van der Waals surface area contributed by atoms with E-state index in [0.717, 1.165) is 0 Å². The zero-order valence-electron chi connectivity index (χ0n) is 5.23. The first-order valence-corrected chi connectivity index (χ1v) is 2.57. The summed E-state index contributed by atoms with van der Waals surface area (Å²) >= 11 is 0. The molecule has 40 valence electrons. The highest BCUT2D eigenvalue weighted by Crippen LogP contribution is 1.91. The molecule has 0 spiro atoms. The molecule has 0 aromatic rings. The van der Waals surface area contributed by atoms with Gasteiger partial charge in [-0.05, 0) is 20.8 Å². The highest BCUT2D eigenvalue weighted by molar-refractivity contribution is 5.13. The summed E-state index contributed by atoms with van der Waals surface area (Å²) in [6.45, 7) is 6.14. The van der Waals surface area contributed by atoms with Gasteiger partial charge >= 0.3 is 0 Å². The maximum Gasteiger partial charge on any atom is -0.0401 e. The summed E-state index contributed by atoms with van der Waals surface area (Å²) in [5.41, 5.74) is 1.32. The second kappa shape index (κ2) is 3.66. The van der Waals surface area contributed by atoms with Gasteiger partial charge in [-0.1, -0.05) is 23.8 Å². The third-order valence-corrected chi connectivity index (χ3v) is 0.885. The van der Waals surface area contributed by atoms with Crippen molar-refractivity contribution in [1.29, 1.82) is 0 Å². The average Bonchev–Trinajstić information content (AvgIpc) is 1.68. The largest absolute Gasteiger partial charge is 0.0874 e. The Bertz CT molecular complexity index is 86.2. The second-order valence-corrected chi connectivity index (χ2v) is 1.53. The molecule has 0 fully saturated rings. The fourth-order valence-electron chi connectivity index (χ4n) is 0.359. The predicted molar refractivity (Wildman–Crippen MR) is 34.2 cm³/mol. The van der Waals surface area contributed by atoms with Crippen LogP contribution >= 0.6 is 0 Å². The molecule has 0 aliphatic carbocycles. The molecule has 0 radical (unpaired) electrons. The first-order valence-electron chi connectivity index (χ1n) is 2.57. The lowest BCUT2D eigenvalue weighted by atomic mass is 10.3. The minimum atomic E-state index is 1.32. The molecule has 0 aliphatic rings. The Labute approximate surface area is 45.5 Å². The topological polar surface area (TPSA) is 0 Å². The van der Waals surface area contributed by atoms with Crippen LogP contribution in [0.15, 0.2) is 23.8 Å². The molecule has 0 bridgehead atoms. The third kappa shape index (κ3) is 3.31. The molecule has 0 saturated carbocycles. The van der Waals surface area contributed by atoms with Crippen molar-refractivity contribution in [2.45, 2.75) is 20.8 Å². The monoisotopic (exact) mass is 96.1 g/mol. The molecule has 0 atom stereocenters. The molecule has 0 heteroatoms. The summed E-state index contributed by atoms with van der Waals surface area (Å²) in [6.07, 6.45) is 6.20.